The molecular weight excluding hydrogens is 797 g/mol. The minimum atomic E-state index is -0.871. The van der Waals surface area contributed by atoms with Crippen LogP contribution in [-0.2, 0) is 31.9 Å². The third-order valence-electron chi connectivity index (χ3n) is 13.0. The molecule has 1 aliphatic carbocycles. The van der Waals surface area contributed by atoms with Crippen LogP contribution in [0.15, 0.2) is 91.0 Å². The lowest BCUT2D eigenvalue weighted by molar-refractivity contribution is -0.135. The first-order chi connectivity index (χ1) is 30.6. The number of amides is 4. The summed E-state index contributed by atoms with van der Waals surface area (Å²) in [6.45, 7) is 5.06. The Hall–Kier alpha value is -6.83. The van der Waals surface area contributed by atoms with Gasteiger partial charge in [0, 0.05) is 24.3 Å². The molecule has 14 heteroatoms. The first-order valence-electron chi connectivity index (χ1n) is 21.9. The van der Waals surface area contributed by atoms with E-state index in [1.807, 2.05) is 54.0 Å². The molecule has 4 amide bonds. The number of imidazole rings is 1. The summed E-state index contributed by atoms with van der Waals surface area (Å²) in [6, 6.07) is 29.0. The molecule has 0 saturated carbocycles. The van der Waals surface area contributed by atoms with Crippen molar-refractivity contribution < 1.29 is 28.7 Å². The van der Waals surface area contributed by atoms with Gasteiger partial charge in [-0.2, -0.15) is 0 Å². The second kappa shape index (κ2) is 17.5. The van der Waals surface area contributed by atoms with Crippen molar-refractivity contribution in [1.82, 2.24) is 30.4 Å². The van der Waals surface area contributed by atoms with Crippen molar-refractivity contribution in [3.63, 3.8) is 0 Å². The van der Waals surface area contributed by atoms with Gasteiger partial charge < -0.3 is 45.5 Å². The Morgan fingerprint density at radius 1 is 0.714 bits per heavy atom. The van der Waals surface area contributed by atoms with Crippen LogP contribution in [0.1, 0.15) is 74.3 Å². The second-order valence-corrected chi connectivity index (χ2v) is 17.2. The maximum Gasteiger partial charge on any atom is 0.407 e. The monoisotopic (exact) mass is 850 g/mol. The van der Waals surface area contributed by atoms with E-state index >= 15 is 0 Å². The maximum atomic E-state index is 14.1. The predicted molar refractivity (Wildman–Crippen MR) is 241 cm³/mol. The molecule has 5 atom stereocenters. The number of hydrogen-bond donors (Lipinski definition) is 5. The lowest BCUT2D eigenvalue weighted by Crippen LogP contribution is -2.56. The van der Waals surface area contributed by atoms with Crippen LogP contribution in [-0.4, -0.2) is 89.3 Å². The number of aryl methyl sites for hydroxylation is 2. The number of fused-ring (bicyclic) bond motifs is 4. The molecule has 4 heterocycles. The van der Waals surface area contributed by atoms with Gasteiger partial charge in [-0.1, -0.05) is 92.7 Å². The van der Waals surface area contributed by atoms with Crippen molar-refractivity contribution in [3.05, 3.63) is 114 Å². The average Bonchev–Trinajstić information content (AvgIpc) is 4.15. The molecule has 0 spiro atoms. The highest BCUT2D eigenvalue weighted by Crippen LogP contribution is 2.41. The Morgan fingerprint density at radius 2 is 1.37 bits per heavy atom. The number of benzene rings is 4. The fraction of sp³-hybridized carbons (Fsp3) is 0.367. The van der Waals surface area contributed by atoms with Gasteiger partial charge in [-0.15, -0.1) is 0 Å². The van der Waals surface area contributed by atoms with E-state index in [0.717, 1.165) is 94.9 Å². The van der Waals surface area contributed by atoms with Gasteiger partial charge in [0.2, 0.25) is 5.91 Å². The van der Waals surface area contributed by atoms with Crippen molar-refractivity contribution in [2.45, 2.75) is 82.7 Å². The van der Waals surface area contributed by atoms with Gasteiger partial charge in [0.1, 0.15) is 24.1 Å². The normalized spacial score (nSPS) is 19.5. The lowest BCUT2D eigenvalue weighted by Gasteiger charge is -2.33. The zero-order valence-corrected chi connectivity index (χ0v) is 36.1. The number of alkyl carbamates (subject to hydrolysis) is 2. The highest BCUT2D eigenvalue weighted by atomic mass is 16.5. The van der Waals surface area contributed by atoms with Crippen molar-refractivity contribution in [3.8, 4) is 33.5 Å². The number of aromatic nitrogens is 2. The molecule has 5 N–H and O–H groups in total. The SMILES string of the molecule is COC(=O)N[C@H](C(=O)N1CCC[C@H]1C1Nc2ccc(-c3ccc(-c4ccc5c(c4)CCc4[nH]c([C@@H]6CCCN6C(=O)[C@H](NC(=O)OC)c6ccccc6)nc4-5)cc3)cc2N1)C(C)C. The van der Waals surface area contributed by atoms with Gasteiger partial charge in [-0.05, 0) is 90.0 Å². The van der Waals surface area contributed by atoms with Crippen LogP contribution in [0.25, 0.3) is 33.5 Å². The Labute approximate surface area is 367 Å². The van der Waals surface area contributed by atoms with E-state index in [9.17, 15) is 19.2 Å². The van der Waals surface area contributed by atoms with E-state index in [1.54, 1.807) is 0 Å². The number of aromatic amines is 1. The van der Waals surface area contributed by atoms with Gasteiger partial charge in [-0.25, -0.2) is 14.6 Å². The summed E-state index contributed by atoms with van der Waals surface area (Å²) < 4.78 is 9.67. The first kappa shape index (κ1) is 41.5. The Balaban J connectivity index is 0.876. The molecule has 3 aliphatic heterocycles. The molecule has 0 radical (unpaired) electrons. The van der Waals surface area contributed by atoms with Gasteiger partial charge in [-0.3, -0.25) is 9.59 Å². The lowest BCUT2D eigenvalue weighted by atomic mass is 9.89. The molecule has 0 bridgehead atoms. The van der Waals surface area contributed by atoms with Crippen LogP contribution in [0, 0.1) is 5.92 Å². The summed E-state index contributed by atoms with van der Waals surface area (Å²) in [5.74, 6) is 0.405. The first-order valence-corrected chi connectivity index (χ1v) is 21.9. The number of likely N-dealkylation sites (tertiary alicyclic amines) is 2. The van der Waals surface area contributed by atoms with Gasteiger partial charge in [0.05, 0.1) is 43.4 Å². The number of H-pyrrole nitrogens is 1. The summed E-state index contributed by atoms with van der Waals surface area (Å²) in [5, 5.41) is 12.7. The van der Waals surface area contributed by atoms with Crippen LogP contribution in [0.2, 0.25) is 0 Å². The molecule has 14 nitrogen and oxygen atoms in total. The standard InChI is InChI=1S/C49H54N8O6/c1-28(2)41(54-48(60)62-3)46(58)56-24-8-12-39(56)44-50-36-22-19-33(27-38(36)52-44)30-16-14-29(15-17-30)32-18-21-35-34(26-32)20-23-37-43(35)53-45(51-37)40-13-9-25-57(40)47(59)42(55-49(61)63-4)31-10-6-5-7-11-31/h5-7,10-11,14-19,21-22,26-28,39-42,44,50,52H,8-9,12-13,20,23-25H2,1-4H3,(H,51,53)(H,54,60)(H,55,61)/t39-,40-,41-,42+,44?/m0/s1. The number of anilines is 2. The van der Waals surface area contributed by atoms with Crippen molar-refractivity contribution >= 4 is 35.4 Å². The summed E-state index contributed by atoms with van der Waals surface area (Å²) in [5.41, 5.74) is 11.5. The molecule has 326 valence electrons. The maximum absolute atomic E-state index is 14.1. The number of ether oxygens (including phenoxy) is 2. The number of methoxy groups -OCH3 is 2. The van der Waals surface area contributed by atoms with Crippen LogP contribution in [0.3, 0.4) is 0 Å². The predicted octanol–water partition coefficient (Wildman–Crippen LogP) is 7.81. The third kappa shape index (κ3) is 8.17. The van der Waals surface area contributed by atoms with Crippen molar-refractivity contribution in [1.29, 1.82) is 0 Å². The van der Waals surface area contributed by atoms with Crippen LogP contribution < -0.4 is 21.3 Å². The molecule has 2 saturated heterocycles. The molecule has 1 unspecified atom stereocenters. The van der Waals surface area contributed by atoms with Crippen molar-refractivity contribution in [2.75, 3.05) is 37.9 Å². The minimum Gasteiger partial charge on any atom is -0.453 e. The molecule has 63 heavy (non-hydrogen) atoms. The van der Waals surface area contributed by atoms with Gasteiger partial charge in [0.15, 0.2) is 0 Å². The molecule has 5 aromatic rings. The van der Waals surface area contributed by atoms with E-state index in [-0.39, 0.29) is 36.0 Å². The average molecular weight is 851 g/mol. The fourth-order valence-corrected chi connectivity index (χ4v) is 9.73. The largest absolute Gasteiger partial charge is 0.453 e. The number of nitrogens with zero attached hydrogens (tertiary/aromatic N) is 3. The van der Waals surface area contributed by atoms with Crippen LogP contribution in [0.5, 0.6) is 0 Å². The Morgan fingerprint density at radius 3 is 2.10 bits per heavy atom. The summed E-state index contributed by atoms with van der Waals surface area (Å²) in [7, 11) is 2.60. The zero-order valence-electron chi connectivity index (χ0n) is 36.1. The molecular formula is C49H54N8O6. The summed E-state index contributed by atoms with van der Waals surface area (Å²) in [6.07, 6.45) is 3.62. The Bertz CT molecular complexity index is 2520. The number of rotatable bonds is 10. The van der Waals surface area contributed by atoms with Gasteiger partial charge in [0.25, 0.3) is 5.91 Å². The molecule has 4 aromatic carbocycles. The molecule has 9 rings (SSSR count). The van der Waals surface area contributed by atoms with E-state index in [1.165, 1.54) is 19.8 Å². The third-order valence-corrected chi connectivity index (χ3v) is 13.0. The molecule has 2 fully saturated rings. The topological polar surface area (TPSA) is 170 Å². The smallest absolute Gasteiger partial charge is 0.407 e. The van der Waals surface area contributed by atoms with Crippen LogP contribution in [0.4, 0.5) is 21.0 Å². The number of nitrogens with one attached hydrogen (secondary N) is 5. The van der Waals surface area contributed by atoms with Crippen molar-refractivity contribution in [2.24, 2.45) is 5.92 Å². The van der Waals surface area contributed by atoms with E-state index in [0.29, 0.717) is 18.7 Å². The minimum absolute atomic E-state index is 0.0728. The van der Waals surface area contributed by atoms with E-state index in [4.69, 9.17) is 14.5 Å². The zero-order chi connectivity index (χ0) is 43.8. The highest BCUT2D eigenvalue weighted by molar-refractivity contribution is 5.89. The van der Waals surface area contributed by atoms with E-state index in [2.05, 4.69) is 86.9 Å². The fourth-order valence-electron chi connectivity index (χ4n) is 9.73. The molecule has 1 aromatic heterocycles. The summed E-state index contributed by atoms with van der Waals surface area (Å²) in [4.78, 5) is 64.6. The molecule has 4 aliphatic rings. The Kier molecular flexibility index (Phi) is 11.5. The summed E-state index contributed by atoms with van der Waals surface area (Å²) >= 11 is 0. The quantitative estimate of drug-likeness (QED) is 0.0941. The van der Waals surface area contributed by atoms with Gasteiger partial charge >= 0.3 is 12.2 Å². The van der Waals surface area contributed by atoms with E-state index < -0.39 is 24.3 Å². The number of carbonyl (C=O) groups excluding carboxylic acids is 4. The number of carbonyl (C=O) groups is 4. The highest BCUT2D eigenvalue weighted by Gasteiger charge is 2.41. The van der Waals surface area contributed by atoms with Crippen LogP contribution >= 0.6 is 0 Å². The second-order valence-electron chi connectivity index (χ2n) is 17.2. The number of hydrogen-bond acceptors (Lipinski definition) is 9.